The lowest BCUT2D eigenvalue weighted by Crippen LogP contribution is -2.31. The van der Waals surface area contributed by atoms with Gasteiger partial charge >= 0.3 is 0 Å². The van der Waals surface area contributed by atoms with Gasteiger partial charge in [-0.3, -0.25) is 4.98 Å². The number of rotatable bonds is 9. The van der Waals surface area contributed by atoms with Crippen LogP contribution in [0.1, 0.15) is 30.8 Å². The Morgan fingerprint density at radius 2 is 1.67 bits per heavy atom. The Labute approximate surface area is 179 Å². The van der Waals surface area contributed by atoms with Crippen molar-refractivity contribution < 1.29 is 0 Å². The van der Waals surface area contributed by atoms with E-state index in [1.165, 1.54) is 27.4 Å². The van der Waals surface area contributed by atoms with E-state index in [0.717, 1.165) is 50.7 Å². The number of fused-ring (bicyclic) bond motifs is 3. The zero-order chi connectivity index (χ0) is 20.9. The SMILES string of the molecule is CCN(CC)CCNCc1cc2c3ccccc3n(Cc3ccccc3)c2c(C)n1. The average molecular weight is 401 g/mol. The second-order valence-electron chi connectivity index (χ2n) is 7.89. The van der Waals surface area contributed by atoms with Crippen LogP contribution in [0.15, 0.2) is 60.7 Å². The molecule has 0 aliphatic heterocycles. The van der Waals surface area contributed by atoms with E-state index in [9.17, 15) is 0 Å². The number of aryl methyl sites for hydroxylation is 1. The Morgan fingerprint density at radius 1 is 0.933 bits per heavy atom. The van der Waals surface area contributed by atoms with Crippen molar-refractivity contribution in [2.45, 2.75) is 33.9 Å². The number of nitrogens with one attached hydrogen (secondary N) is 1. The maximum Gasteiger partial charge on any atom is 0.0711 e. The molecule has 2 heterocycles. The molecular formula is C26H32N4. The Bertz CT molecular complexity index is 1110. The number of hydrogen-bond acceptors (Lipinski definition) is 3. The van der Waals surface area contributed by atoms with Crippen molar-refractivity contribution in [2.75, 3.05) is 26.2 Å². The topological polar surface area (TPSA) is 33.1 Å². The molecule has 0 aliphatic rings. The van der Waals surface area contributed by atoms with Crippen molar-refractivity contribution in [1.29, 1.82) is 0 Å². The van der Waals surface area contributed by atoms with Crippen LogP contribution in [0, 0.1) is 6.92 Å². The van der Waals surface area contributed by atoms with Crippen molar-refractivity contribution in [3.63, 3.8) is 0 Å². The molecule has 4 nitrogen and oxygen atoms in total. The fraction of sp³-hybridized carbons (Fsp3) is 0.346. The van der Waals surface area contributed by atoms with E-state index in [1.54, 1.807) is 0 Å². The Morgan fingerprint density at radius 3 is 2.43 bits per heavy atom. The Kier molecular flexibility index (Phi) is 6.46. The van der Waals surface area contributed by atoms with Crippen molar-refractivity contribution in [3.05, 3.63) is 77.6 Å². The fourth-order valence-electron chi connectivity index (χ4n) is 4.35. The largest absolute Gasteiger partial charge is 0.334 e. The first-order chi connectivity index (χ1) is 14.7. The van der Waals surface area contributed by atoms with Crippen LogP contribution in [0.2, 0.25) is 0 Å². The van der Waals surface area contributed by atoms with Gasteiger partial charge in [-0.15, -0.1) is 0 Å². The first kappa shape index (κ1) is 20.6. The molecule has 0 amide bonds. The van der Waals surface area contributed by atoms with Gasteiger partial charge in [-0.25, -0.2) is 0 Å². The summed E-state index contributed by atoms with van der Waals surface area (Å²) >= 11 is 0. The molecule has 0 radical (unpaired) electrons. The number of benzene rings is 2. The van der Waals surface area contributed by atoms with E-state index in [2.05, 4.69) is 96.2 Å². The maximum atomic E-state index is 4.96. The van der Waals surface area contributed by atoms with E-state index in [-0.39, 0.29) is 0 Å². The monoisotopic (exact) mass is 400 g/mol. The highest BCUT2D eigenvalue weighted by Gasteiger charge is 2.15. The van der Waals surface area contributed by atoms with Crippen LogP contribution in [-0.4, -0.2) is 40.6 Å². The Hall–Kier alpha value is -2.69. The van der Waals surface area contributed by atoms with Crippen LogP contribution < -0.4 is 5.32 Å². The average Bonchev–Trinajstić information content (AvgIpc) is 3.09. The van der Waals surface area contributed by atoms with E-state index < -0.39 is 0 Å². The van der Waals surface area contributed by atoms with E-state index in [0.29, 0.717) is 0 Å². The first-order valence-corrected chi connectivity index (χ1v) is 11.1. The smallest absolute Gasteiger partial charge is 0.0711 e. The molecule has 2 aromatic heterocycles. The van der Waals surface area contributed by atoms with Gasteiger partial charge in [-0.2, -0.15) is 0 Å². The summed E-state index contributed by atoms with van der Waals surface area (Å²) in [6.45, 7) is 12.5. The van der Waals surface area contributed by atoms with Crippen LogP contribution >= 0.6 is 0 Å². The van der Waals surface area contributed by atoms with Gasteiger partial charge in [0, 0.05) is 42.5 Å². The second-order valence-corrected chi connectivity index (χ2v) is 7.89. The molecule has 4 aromatic rings. The molecule has 0 saturated carbocycles. The summed E-state index contributed by atoms with van der Waals surface area (Å²) in [5, 5.41) is 6.18. The fourth-order valence-corrected chi connectivity index (χ4v) is 4.35. The highest BCUT2D eigenvalue weighted by molar-refractivity contribution is 6.08. The second kappa shape index (κ2) is 9.41. The van der Waals surface area contributed by atoms with Crippen LogP contribution in [0.5, 0.6) is 0 Å². The number of aromatic nitrogens is 2. The third-order valence-electron chi connectivity index (χ3n) is 5.96. The molecule has 2 aromatic carbocycles. The predicted molar refractivity (Wildman–Crippen MR) is 127 cm³/mol. The third kappa shape index (κ3) is 4.25. The molecule has 4 rings (SSSR count). The molecule has 1 N–H and O–H groups in total. The van der Waals surface area contributed by atoms with E-state index in [4.69, 9.17) is 4.98 Å². The molecule has 30 heavy (non-hydrogen) atoms. The minimum absolute atomic E-state index is 0.802. The maximum absolute atomic E-state index is 4.96. The van der Waals surface area contributed by atoms with E-state index in [1.807, 2.05) is 0 Å². The lowest BCUT2D eigenvalue weighted by Gasteiger charge is -2.18. The first-order valence-electron chi connectivity index (χ1n) is 11.1. The van der Waals surface area contributed by atoms with Gasteiger partial charge in [-0.1, -0.05) is 62.4 Å². The number of para-hydroxylation sites is 1. The molecule has 0 unspecified atom stereocenters. The standard InChI is InChI=1S/C26H32N4/c1-4-29(5-2)16-15-27-18-22-17-24-23-13-9-10-14-25(23)30(26(24)20(3)28-22)19-21-11-7-6-8-12-21/h6-14,17,27H,4-5,15-16,18-19H2,1-3H3. The summed E-state index contributed by atoms with van der Waals surface area (Å²) in [5.41, 5.74) is 6.03. The predicted octanol–water partition coefficient (Wildman–Crippen LogP) is 4.98. The minimum Gasteiger partial charge on any atom is -0.334 e. The molecule has 0 fully saturated rings. The molecule has 0 atom stereocenters. The van der Waals surface area contributed by atoms with Crippen LogP contribution in [0.4, 0.5) is 0 Å². The summed E-state index contributed by atoms with van der Waals surface area (Å²) in [6, 6.07) is 21.7. The van der Waals surface area contributed by atoms with Gasteiger partial charge < -0.3 is 14.8 Å². The number of pyridine rings is 1. The van der Waals surface area contributed by atoms with Crippen molar-refractivity contribution in [1.82, 2.24) is 19.8 Å². The van der Waals surface area contributed by atoms with Gasteiger partial charge in [0.1, 0.15) is 0 Å². The highest BCUT2D eigenvalue weighted by Crippen LogP contribution is 2.31. The van der Waals surface area contributed by atoms with Gasteiger partial charge in [0.05, 0.1) is 16.9 Å². The molecule has 0 saturated heterocycles. The normalized spacial score (nSPS) is 11.7. The van der Waals surface area contributed by atoms with E-state index >= 15 is 0 Å². The van der Waals surface area contributed by atoms with Crippen LogP contribution in [0.25, 0.3) is 21.8 Å². The third-order valence-corrected chi connectivity index (χ3v) is 5.96. The minimum atomic E-state index is 0.802. The summed E-state index contributed by atoms with van der Waals surface area (Å²) in [6.07, 6.45) is 0. The molecule has 0 aliphatic carbocycles. The molecule has 0 bridgehead atoms. The molecular weight excluding hydrogens is 368 g/mol. The van der Waals surface area contributed by atoms with Gasteiger partial charge in [0.15, 0.2) is 0 Å². The van der Waals surface area contributed by atoms with Crippen LogP contribution in [0.3, 0.4) is 0 Å². The van der Waals surface area contributed by atoms with Crippen molar-refractivity contribution >= 4 is 21.8 Å². The van der Waals surface area contributed by atoms with Gasteiger partial charge in [0.25, 0.3) is 0 Å². The summed E-state index contributed by atoms with van der Waals surface area (Å²) < 4.78 is 2.42. The zero-order valence-corrected chi connectivity index (χ0v) is 18.4. The zero-order valence-electron chi connectivity index (χ0n) is 18.4. The summed E-state index contributed by atoms with van der Waals surface area (Å²) in [4.78, 5) is 7.40. The van der Waals surface area contributed by atoms with Crippen molar-refractivity contribution in [3.8, 4) is 0 Å². The lowest BCUT2D eigenvalue weighted by molar-refractivity contribution is 0.302. The number of nitrogens with zero attached hydrogens (tertiary/aromatic N) is 3. The number of hydrogen-bond donors (Lipinski definition) is 1. The van der Waals surface area contributed by atoms with Gasteiger partial charge in [0.2, 0.25) is 0 Å². The molecule has 0 spiro atoms. The van der Waals surface area contributed by atoms with Crippen LogP contribution in [-0.2, 0) is 13.1 Å². The molecule has 156 valence electrons. The van der Waals surface area contributed by atoms with Crippen molar-refractivity contribution in [2.24, 2.45) is 0 Å². The summed E-state index contributed by atoms with van der Waals surface area (Å²) in [5.74, 6) is 0. The lowest BCUT2D eigenvalue weighted by atomic mass is 10.1. The summed E-state index contributed by atoms with van der Waals surface area (Å²) in [7, 11) is 0. The number of likely N-dealkylation sites (N-methyl/N-ethyl adjacent to an activating group) is 1. The van der Waals surface area contributed by atoms with Gasteiger partial charge in [-0.05, 0) is 37.7 Å². The highest BCUT2D eigenvalue weighted by atomic mass is 15.1. The quantitative estimate of drug-likeness (QED) is 0.402. The Balaban J connectivity index is 1.65. The molecule has 4 heteroatoms.